The molecule has 130 valence electrons. The molecule has 0 bridgehead atoms. The van der Waals surface area contributed by atoms with Crippen molar-refractivity contribution < 1.29 is 4.74 Å². The molecule has 1 unspecified atom stereocenters. The van der Waals surface area contributed by atoms with Crippen molar-refractivity contribution in [3.8, 4) is 0 Å². The predicted octanol–water partition coefficient (Wildman–Crippen LogP) is 4.85. The minimum Gasteiger partial charge on any atom is -0.350 e. The van der Waals surface area contributed by atoms with Gasteiger partial charge in [0.25, 0.3) is 0 Å². The Balaban J connectivity index is 1.71. The van der Waals surface area contributed by atoms with Gasteiger partial charge in [0.15, 0.2) is 0 Å². The number of benzene rings is 2. The molecule has 2 aromatic carbocycles. The highest BCUT2D eigenvalue weighted by Crippen LogP contribution is 2.30. The molecule has 0 fully saturated rings. The summed E-state index contributed by atoms with van der Waals surface area (Å²) in [5, 5.41) is 0. The van der Waals surface area contributed by atoms with E-state index in [2.05, 4.69) is 79.6 Å². The molecule has 0 N–H and O–H groups in total. The first-order valence-corrected chi connectivity index (χ1v) is 8.86. The average Bonchev–Trinajstić information content (AvgIpc) is 2.88. The van der Waals surface area contributed by atoms with Crippen molar-refractivity contribution in [3.05, 3.63) is 59.9 Å². The zero-order valence-corrected chi connectivity index (χ0v) is 15.4. The minimum atomic E-state index is -0.0220. The Morgan fingerprint density at radius 2 is 1.76 bits per heavy atom. The van der Waals surface area contributed by atoms with E-state index in [0.29, 0.717) is 6.73 Å². The third-order valence-corrected chi connectivity index (χ3v) is 4.94. The van der Waals surface area contributed by atoms with Gasteiger partial charge in [-0.2, -0.15) is 0 Å². The number of rotatable bonds is 1. The largest absolute Gasteiger partial charge is 0.350 e. The molecule has 4 nitrogen and oxygen atoms in total. The molecule has 3 aromatic rings. The molecule has 1 atom stereocenters. The fourth-order valence-corrected chi connectivity index (χ4v) is 3.37. The number of nitrogens with zero attached hydrogens (tertiary/aromatic N) is 3. The number of aromatic nitrogens is 2. The van der Waals surface area contributed by atoms with E-state index in [9.17, 15) is 0 Å². The Hall–Kier alpha value is -2.33. The summed E-state index contributed by atoms with van der Waals surface area (Å²) in [5.41, 5.74) is 4.86. The summed E-state index contributed by atoms with van der Waals surface area (Å²) >= 11 is 0. The summed E-state index contributed by atoms with van der Waals surface area (Å²) in [4.78, 5) is 7.04. The summed E-state index contributed by atoms with van der Waals surface area (Å²) in [5.74, 6) is 0.995. The van der Waals surface area contributed by atoms with E-state index in [0.717, 1.165) is 23.5 Å². The van der Waals surface area contributed by atoms with Gasteiger partial charge in [-0.3, -0.25) is 0 Å². The summed E-state index contributed by atoms with van der Waals surface area (Å²) in [6.07, 6.45) is -0.0220. The molecule has 2 heterocycles. The van der Waals surface area contributed by atoms with Crippen molar-refractivity contribution in [1.29, 1.82) is 0 Å². The van der Waals surface area contributed by atoms with E-state index in [4.69, 9.17) is 9.72 Å². The van der Waals surface area contributed by atoms with Gasteiger partial charge < -0.3 is 14.2 Å². The fraction of sp³-hybridized carbons (Fsp3) is 0.381. The maximum absolute atomic E-state index is 6.07. The first-order valence-electron chi connectivity index (χ1n) is 8.86. The van der Waals surface area contributed by atoms with Gasteiger partial charge in [0.2, 0.25) is 0 Å². The Labute approximate surface area is 149 Å². The lowest BCUT2D eigenvalue weighted by Gasteiger charge is -2.25. The van der Waals surface area contributed by atoms with E-state index >= 15 is 0 Å². The average molecular weight is 335 g/mol. The minimum absolute atomic E-state index is 0.0220. The van der Waals surface area contributed by atoms with Crippen LogP contribution in [0.5, 0.6) is 0 Å². The molecule has 0 saturated heterocycles. The maximum atomic E-state index is 6.07. The molecule has 1 aliphatic rings. The van der Waals surface area contributed by atoms with Gasteiger partial charge in [-0.05, 0) is 42.2 Å². The van der Waals surface area contributed by atoms with Crippen LogP contribution in [0.25, 0.3) is 11.0 Å². The third kappa shape index (κ3) is 2.91. The molecule has 4 heteroatoms. The summed E-state index contributed by atoms with van der Waals surface area (Å²) in [7, 11) is 0. The second kappa shape index (κ2) is 5.88. The van der Waals surface area contributed by atoms with Crippen molar-refractivity contribution in [2.45, 2.75) is 45.9 Å². The number of anilines is 1. The Morgan fingerprint density at radius 1 is 1.04 bits per heavy atom. The lowest BCUT2D eigenvalue weighted by Crippen LogP contribution is -2.26. The van der Waals surface area contributed by atoms with Crippen LogP contribution in [0.1, 0.15) is 45.2 Å². The van der Waals surface area contributed by atoms with E-state index in [-0.39, 0.29) is 11.5 Å². The van der Waals surface area contributed by atoms with Gasteiger partial charge in [0.1, 0.15) is 18.7 Å². The topological polar surface area (TPSA) is 30.3 Å². The lowest BCUT2D eigenvalue weighted by molar-refractivity contribution is 0.0678. The fourth-order valence-electron chi connectivity index (χ4n) is 3.37. The number of para-hydroxylation sites is 2. The number of hydrogen-bond donors (Lipinski definition) is 0. The molecule has 0 amide bonds. The molecular formula is C21H25N3O. The zero-order chi connectivity index (χ0) is 17.6. The van der Waals surface area contributed by atoms with Crippen LogP contribution in [0.15, 0.2) is 48.5 Å². The van der Waals surface area contributed by atoms with E-state index in [1.165, 1.54) is 11.3 Å². The van der Waals surface area contributed by atoms with Crippen LogP contribution >= 0.6 is 0 Å². The maximum Gasteiger partial charge on any atom is 0.140 e. The summed E-state index contributed by atoms with van der Waals surface area (Å²) in [6, 6.07) is 17.1. The van der Waals surface area contributed by atoms with Crippen molar-refractivity contribution in [1.82, 2.24) is 9.55 Å². The van der Waals surface area contributed by atoms with Crippen LogP contribution in [0, 0.1) is 0 Å². The van der Waals surface area contributed by atoms with Crippen LogP contribution < -0.4 is 4.90 Å². The van der Waals surface area contributed by atoms with Gasteiger partial charge in [-0.1, -0.05) is 45.0 Å². The second-order valence-corrected chi connectivity index (χ2v) is 7.80. The first-order chi connectivity index (χ1) is 11.9. The van der Waals surface area contributed by atoms with E-state index in [1.807, 2.05) is 6.07 Å². The Kier molecular flexibility index (Phi) is 3.80. The monoisotopic (exact) mass is 335 g/mol. The van der Waals surface area contributed by atoms with Crippen LogP contribution in [0.3, 0.4) is 0 Å². The van der Waals surface area contributed by atoms with Crippen molar-refractivity contribution in [2.24, 2.45) is 0 Å². The molecule has 4 rings (SSSR count). The number of imidazole rings is 1. The summed E-state index contributed by atoms with van der Waals surface area (Å²) in [6.45, 7) is 10.1. The summed E-state index contributed by atoms with van der Waals surface area (Å²) < 4.78 is 8.33. The number of hydrogen-bond acceptors (Lipinski definition) is 3. The van der Waals surface area contributed by atoms with Crippen LogP contribution in [-0.4, -0.2) is 16.3 Å². The highest BCUT2D eigenvalue weighted by molar-refractivity contribution is 5.76. The van der Waals surface area contributed by atoms with Gasteiger partial charge in [0, 0.05) is 5.69 Å². The number of fused-ring (bicyclic) bond motifs is 3. The SMILES string of the molecule is CC1OCN(c2ccc(C(C)(C)C)cc2)Cn2c1nc1ccccc12. The molecular weight excluding hydrogens is 310 g/mol. The van der Waals surface area contributed by atoms with E-state index in [1.54, 1.807) is 0 Å². The van der Waals surface area contributed by atoms with Crippen LogP contribution in [-0.2, 0) is 16.8 Å². The quantitative estimate of drug-likeness (QED) is 0.637. The van der Waals surface area contributed by atoms with Gasteiger partial charge in [-0.15, -0.1) is 0 Å². The van der Waals surface area contributed by atoms with Gasteiger partial charge >= 0.3 is 0 Å². The van der Waals surface area contributed by atoms with Gasteiger partial charge in [0.05, 0.1) is 17.7 Å². The normalized spacial score (nSPS) is 18.2. The number of ether oxygens (including phenoxy) is 1. The highest BCUT2D eigenvalue weighted by Gasteiger charge is 2.24. The molecule has 0 radical (unpaired) electrons. The van der Waals surface area contributed by atoms with E-state index < -0.39 is 0 Å². The highest BCUT2D eigenvalue weighted by atomic mass is 16.5. The van der Waals surface area contributed by atoms with Crippen LogP contribution in [0.2, 0.25) is 0 Å². The van der Waals surface area contributed by atoms with Crippen molar-refractivity contribution >= 4 is 16.7 Å². The predicted molar refractivity (Wildman–Crippen MR) is 102 cm³/mol. The van der Waals surface area contributed by atoms with Gasteiger partial charge in [-0.25, -0.2) is 4.98 Å². The zero-order valence-electron chi connectivity index (χ0n) is 15.4. The van der Waals surface area contributed by atoms with Crippen molar-refractivity contribution in [2.75, 3.05) is 11.6 Å². The van der Waals surface area contributed by atoms with Crippen molar-refractivity contribution in [3.63, 3.8) is 0 Å². The third-order valence-electron chi connectivity index (χ3n) is 4.94. The van der Waals surface area contributed by atoms with Crippen LogP contribution in [0.4, 0.5) is 5.69 Å². The molecule has 1 aromatic heterocycles. The molecule has 0 saturated carbocycles. The lowest BCUT2D eigenvalue weighted by atomic mass is 9.87. The first kappa shape index (κ1) is 16.2. The Morgan fingerprint density at radius 3 is 2.48 bits per heavy atom. The smallest absolute Gasteiger partial charge is 0.140 e. The molecule has 1 aliphatic heterocycles. The Bertz CT molecular complexity index is 890. The standard InChI is InChI=1S/C21H25N3O/c1-15-20-22-18-7-5-6-8-19(18)24(20)13-23(14-25-15)17-11-9-16(10-12-17)21(2,3)4/h5-12,15H,13-14H2,1-4H3. The molecule has 25 heavy (non-hydrogen) atoms. The second-order valence-electron chi connectivity index (χ2n) is 7.80. The molecule has 0 spiro atoms. The molecule has 0 aliphatic carbocycles.